The minimum atomic E-state index is -0.243. The van der Waals surface area contributed by atoms with Crippen LogP contribution >= 0.6 is 0 Å². The maximum atomic E-state index is 13.6. The monoisotopic (exact) mass is 266 g/mol. The van der Waals surface area contributed by atoms with Crippen molar-refractivity contribution in [2.75, 3.05) is 31.6 Å². The number of hydrogen-bond acceptors (Lipinski definition) is 3. The molecule has 1 aliphatic rings. The van der Waals surface area contributed by atoms with Crippen LogP contribution in [0.4, 0.5) is 10.1 Å². The molecular weight excluding hydrogens is 243 g/mol. The third kappa shape index (κ3) is 3.18. The van der Waals surface area contributed by atoms with Gasteiger partial charge in [0.25, 0.3) is 0 Å². The highest BCUT2D eigenvalue weighted by molar-refractivity contribution is 5.52. The molecule has 1 atom stereocenters. The molecule has 1 aromatic rings. The van der Waals surface area contributed by atoms with Crippen molar-refractivity contribution in [3.63, 3.8) is 0 Å². The van der Waals surface area contributed by atoms with Crippen molar-refractivity contribution >= 4 is 5.69 Å². The summed E-state index contributed by atoms with van der Waals surface area (Å²) < 4.78 is 18.7. The highest BCUT2D eigenvalue weighted by atomic mass is 19.1. The summed E-state index contributed by atoms with van der Waals surface area (Å²) in [5, 5.41) is 0. The Morgan fingerprint density at radius 1 is 1.26 bits per heavy atom. The number of methoxy groups -OCH3 is 1. The van der Waals surface area contributed by atoms with Crippen LogP contribution in [-0.4, -0.2) is 43.7 Å². The summed E-state index contributed by atoms with van der Waals surface area (Å²) in [5.74, 6) is 0.335. The summed E-state index contributed by atoms with van der Waals surface area (Å²) in [6.45, 7) is 9.57. The van der Waals surface area contributed by atoms with Crippen LogP contribution in [0.5, 0.6) is 5.75 Å². The Morgan fingerprint density at radius 3 is 2.58 bits per heavy atom. The first kappa shape index (κ1) is 14.1. The molecule has 1 heterocycles. The van der Waals surface area contributed by atoms with E-state index in [-0.39, 0.29) is 5.82 Å². The van der Waals surface area contributed by atoms with E-state index in [0.29, 0.717) is 17.8 Å². The Hall–Kier alpha value is -1.29. The number of piperazine rings is 1. The van der Waals surface area contributed by atoms with E-state index in [1.165, 1.54) is 6.07 Å². The number of hydrogen-bond donors (Lipinski definition) is 0. The number of rotatable bonds is 3. The van der Waals surface area contributed by atoms with Crippen LogP contribution in [0.2, 0.25) is 0 Å². The number of benzene rings is 1. The van der Waals surface area contributed by atoms with Gasteiger partial charge < -0.3 is 9.64 Å². The molecule has 1 fully saturated rings. The number of halogens is 1. The molecule has 0 radical (unpaired) electrons. The van der Waals surface area contributed by atoms with E-state index in [9.17, 15) is 4.39 Å². The van der Waals surface area contributed by atoms with Crippen LogP contribution in [0.25, 0.3) is 0 Å². The van der Waals surface area contributed by atoms with Crippen molar-refractivity contribution in [2.45, 2.75) is 32.9 Å². The highest BCUT2D eigenvalue weighted by Crippen LogP contribution is 2.26. The summed E-state index contributed by atoms with van der Waals surface area (Å²) in [7, 11) is 1.57. The summed E-state index contributed by atoms with van der Waals surface area (Å²) in [6, 6.07) is 5.85. The van der Waals surface area contributed by atoms with E-state index in [0.717, 1.165) is 25.3 Å². The molecule has 0 saturated carbocycles. The molecule has 0 aliphatic carbocycles. The molecule has 0 aromatic heterocycles. The van der Waals surface area contributed by atoms with E-state index in [4.69, 9.17) is 4.74 Å². The van der Waals surface area contributed by atoms with Crippen molar-refractivity contribution in [1.82, 2.24) is 4.90 Å². The lowest BCUT2D eigenvalue weighted by molar-refractivity contribution is 0.185. The summed E-state index contributed by atoms with van der Waals surface area (Å²) in [4.78, 5) is 4.71. The molecule has 1 unspecified atom stereocenters. The van der Waals surface area contributed by atoms with Gasteiger partial charge in [-0.25, -0.2) is 4.39 Å². The van der Waals surface area contributed by atoms with Gasteiger partial charge in [0.1, 0.15) is 11.6 Å². The van der Waals surface area contributed by atoms with Crippen LogP contribution in [0.3, 0.4) is 0 Å². The van der Waals surface area contributed by atoms with Gasteiger partial charge in [0.2, 0.25) is 0 Å². The van der Waals surface area contributed by atoms with Gasteiger partial charge in [-0.2, -0.15) is 0 Å². The predicted octanol–water partition coefficient (Wildman–Crippen LogP) is 2.75. The number of nitrogens with zero attached hydrogens (tertiary/aromatic N) is 2. The molecular formula is C15H23FN2O. The van der Waals surface area contributed by atoms with E-state index in [2.05, 4.69) is 30.6 Å². The molecule has 2 rings (SSSR count). The third-order valence-electron chi connectivity index (χ3n) is 3.81. The SMILES string of the molecule is COc1cc(F)cc(N2CCN(C(C)C)CC2C)c1. The fraction of sp³-hybridized carbons (Fsp3) is 0.600. The van der Waals surface area contributed by atoms with Gasteiger partial charge in [-0.1, -0.05) is 0 Å². The van der Waals surface area contributed by atoms with Gasteiger partial charge in [0.15, 0.2) is 0 Å². The summed E-state index contributed by atoms with van der Waals surface area (Å²) in [5.41, 5.74) is 0.910. The molecule has 0 N–H and O–H groups in total. The zero-order chi connectivity index (χ0) is 14.0. The minimum Gasteiger partial charge on any atom is -0.497 e. The second-order valence-electron chi connectivity index (χ2n) is 5.48. The van der Waals surface area contributed by atoms with Crippen molar-refractivity contribution in [3.05, 3.63) is 24.0 Å². The largest absolute Gasteiger partial charge is 0.497 e. The van der Waals surface area contributed by atoms with Crippen molar-refractivity contribution in [3.8, 4) is 5.75 Å². The Morgan fingerprint density at radius 2 is 2.00 bits per heavy atom. The van der Waals surface area contributed by atoms with Crippen molar-refractivity contribution in [2.24, 2.45) is 0 Å². The second-order valence-corrected chi connectivity index (χ2v) is 5.48. The standard InChI is InChI=1S/C15H23FN2O/c1-11(2)17-5-6-18(12(3)10-17)14-7-13(16)8-15(9-14)19-4/h7-9,11-12H,5-6,10H2,1-4H3. The van der Waals surface area contributed by atoms with Crippen LogP contribution in [0.15, 0.2) is 18.2 Å². The predicted molar refractivity (Wildman–Crippen MR) is 76.5 cm³/mol. The van der Waals surface area contributed by atoms with Crippen LogP contribution in [-0.2, 0) is 0 Å². The van der Waals surface area contributed by atoms with Gasteiger partial charge >= 0.3 is 0 Å². The summed E-state index contributed by atoms with van der Waals surface area (Å²) in [6.07, 6.45) is 0. The maximum Gasteiger partial charge on any atom is 0.128 e. The lowest BCUT2D eigenvalue weighted by Crippen LogP contribution is -2.53. The van der Waals surface area contributed by atoms with E-state index < -0.39 is 0 Å². The Balaban J connectivity index is 2.16. The summed E-state index contributed by atoms with van der Waals surface area (Å²) >= 11 is 0. The first-order valence-corrected chi connectivity index (χ1v) is 6.86. The van der Waals surface area contributed by atoms with Crippen LogP contribution < -0.4 is 9.64 Å². The Labute approximate surface area is 115 Å². The first-order valence-electron chi connectivity index (χ1n) is 6.86. The Bertz CT molecular complexity index is 436. The van der Waals surface area contributed by atoms with Gasteiger partial charge in [0, 0.05) is 49.5 Å². The molecule has 0 spiro atoms. The van der Waals surface area contributed by atoms with Crippen molar-refractivity contribution < 1.29 is 9.13 Å². The highest BCUT2D eigenvalue weighted by Gasteiger charge is 2.25. The maximum absolute atomic E-state index is 13.6. The lowest BCUT2D eigenvalue weighted by Gasteiger charge is -2.43. The molecule has 1 saturated heterocycles. The molecule has 4 heteroatoms. The van der Waals surface area contributed by atoms with Crippen molar-refractivity contribution in [1.29, 1.82) is 0 Å². The molecule has 19 heavy (non-hydrogen) atoms. The minimum absolute atomic E-state index is 0.243. The molecule has 0 amide bonds. The normalized spacial score (nSPS) is 20.9. The van der Waals surface area contributed by atoms with Gasteiger partial charge in [-0.05, 0) is 26.8 Å². The van der Waals surface area contributed by atoms with E-state index in [1.807, 2.05) is 6.07 Å². The van der Waals surface area contributed by atoms with Gasteiger partial charge in [-0.15, -0.1) is 0 Å². The molecule has 1 aromatic carbocycles. The molecule has 106 valence electrons. The smallest absolute Gasteiger partial charge is 0.128 e. The average Bonchev–Trinajstić information content (AvgIpc) is 2.37. The fourth-order valence-corrected chi connectivity index (χ4v) is 2.67. The zero-order valence-corrected chi connectivity index (χ0v) is 12.2. The van der Waals surface area contributed by atoms with Crippen LogP contribution in [0.1, 0.15) is 20.8 Å². The quantitative estimate of drug-likeness (QED) is 0.836. The number of ether oxygens (including phenoxy) is 1. The number of anilines is 1. The molecule has 1 aliphatic heterocycles. The van der Waals surface area contributed by atoms with E-state index >= 15 is 0 Å². The third-order valence-corrected chi connectivity index (χ3v) is 3.81. The topological polar surface area (TPSA) is 15.7 Å². The Kier molecular flexibility index (Phi) is 4.30. The average molecular weight is 266 g/mol. The zero-order valence-electron chi connectivity index (χ0n) is 12.2. The first-order chi connectivity index (χ1) is 9.01. The fourth-order valence-electron chi connectivity index (χ4n) is 2.67. The molecule has 0 bridgehead atoms. The second kappa shape index (κ2) is 5.78. The van der Waals surface area contributed by atoms with Gasteiger partial charge in [-0.3, -0.25) is 4.90 Å². The van der Waals surface area contributed by atoms with Crippen LogP contribution in [0, 0.1) is 5.82 Å². The lowest BCUT2D eigenvalue weighted by atomic mass is 10.1. The van der Waals surface area contributed by atoms with Gasteiger partial charge in [0.05, 0.1) is 7.11 Å². The molecule has 3 nitrogen and oxygen atoms in total. The van der Waals surface area contributed by atoms with E-state index in [1.54, 1.807) is 13.2 Å².